The van der Waals surface area contributed by atoms with Crippen LogP contribution in [-0.4, -0.2) is 13.1 Å². The molecule has 0 aliphatic heterocycles. The normalized spacial score (nSPS) is 10.1. The van der Waals surface area contributed by atoms with E-state index in [0.29, 0.717) is 0 Å². The summed E-state index contributed by atoms with van der Waals surface area (Å²) in [7, 11) is 4.78. The molecular weight excluding hydrogens is 202 g/mol. The van der Waals surface area contributed by atoms with Crippen molar-refractivity contribution in [2.75, 3.05) is 11.9 Å². The molecule has 2 rings (SSSR count). The van der Waals surface area contributed by atoms with Crippen LogP contribution in [-0.2, 0) is 4.74 Å². The number of carbonyl (C=O) groups is 1. The van der Waals surface area contributed by atoms with Crippen LogP contribution in [0, 0.1) is 7.11 Å². The van der Waals surface area contributed by atoms with Crippen molar-refractivity contribution in [3.63, 3.8) is 0 Å². The average Bonchev–Trinajstić information content (AvgIpc) is 2.36. The van der Waals surface area contributed by atoms with Crippen LogP contribution < -0.4 is 4.90 Å². The summed E-state index contributed by atoms with van der Waals surface area (Å²) in [5.41, 5.74) is 0.812. The Labute approximate surface area is 94.2 Å². The van der Waals surface area contributed by atoms with Gasteiger partial charge in [-0.05, 0) is 11.5 Å². The molecule has 81 valence electrons. The molecule has 0 N–H and O–H groups in total. The number of carbonyl (C=O) groups excluding carboxylic acids is 1. The minimum atomic E-state index is -0.476. The number of nitrogens with zero attached hydrogens (tertiary/aromatic N) is 1. The van der Waals surface area contributed by atoms with Gasteiger partial charge in [0.2, 0.25) is 0 Å². The van der Waals surface area contributed by atoms with E-state index in [2.05, 4.69) is 11.8 Å². The summed E-state index contributed by atoms with van der Waals surface area (Å²) in [5.74, 6) is 0. The van der Waals surface area contributed by atoms with Gasteiger partial charge < -0.3 is 4.74 Å². The number of fused-ring (bicyclic) bond motifs is 1. The standard InChI is InChI=1S/C13H12NO2/c1-14(13(15)16-2)12-9-5-7-10-6-3-4-8-11(10)12/h3-9H,2H2,1H3. The van der Waals surface area contributed by atoms with Crippen molar-refractivity contribution in [1.82, 2.24) is 0 Å². The second-order valence-corrected chi connectivity index (χ2v) is 3.47. The zero-order chi connectivity index (χ0) is 11.5. The number of rotatable bonds is 1. The summed E-state index contributed by atoms with van der Waals surface area (Å²) in [6.45, 7) is 0. The second kappa shape index (κ2) is 4.23. The molecule has 1 amide bonds. The number of hydrogen-bond donors (Lipinski definition) is 0. The predicted molar refractivity (Wildman–Crippen MR) is 64.2 cm³/mol. The molecule has 0 bridgehead atoms. The highest BCUT2D eigenvalue weighted by Gasteiger charge is 2.12. The summed E-state index contributed by atoms with van der Waals surface area (Å²) >= 11 is 0. The van der Waals surface area contributed by atoms with Crippen LogP contribution in [0.3, 0.4) is 0 Å². The highest BCUT2D eigenvalue weighted by Crippen LogP contribution is 2.25. The first-order valence-electron chi connectivity index (χ1n) is 4.91. The van der Waals surface area contributed by atoms with Gasteiger partial charge in [-0.3, -0.25) is 4.90 Å². The number of amides is 1. The summed E-state index contributed by atoms with van der Waals surface area (Å²) < 4.78 is 4.45. The van der Waals surface area contributed by atoms with E-state index in [-0.39, 0.29) is 0 Å². The molecule has 0 atom stereocenters. The third-order valence-electron chi connectivity index (χ3n) is 2.53. The summed E-state index contributed by atoms with van der Waals surface area (Å²) in [6.07, 6.45) is -0.476. The Balaban J connectivity index is 2.56. The first kappa shape index (κ1) is 10.5. The molecule has 0 saturated heterocycles. The maximum atomic E-state index is 11.4. The van der Waals surface area contributed by atoms with Crippen LogP contribution in [0.5, 0.6) is 0 Å². The van der Waals surface area contributed by atoms with Crippen molar-refractivity contribution < 1.29 is 9.53 Å². The van der Waals surface area contributed by atoms with Gasteiger partial charge in [0.05, 0.1) is 5.69 Å². The van der Waals surface area contributed by atoms with Crippen molar-refractivity contribution in [3.05, 3.63) is 49.6 Å². The van der Waals surface area contributed by atoms with Gasteiger partial charge in [-0.2, -0.15) is 0 Å². The van der Waals surface area contributed by atoms with Gasteiger partial charge in [-0.25, -0.2) is 4.79 Å². The number of benzene rings is 2. The molecule has 0 unspecified atom stereocenters. The molecule has 3 heteroatoms. The van der Waals surface area contributed by atoms with Gasteiger partial charge in [0.25, 0.3) is 0 Å². The third kappa shape index (κ3) is 1.72. The maximum Gasteiger partial charge on any atom is 0.414 e. The first-order valence-corrected chi connectivity index (χ1v) is 4.91. The monoisotopic (exact) mass is 214 g/mol. The predicted octanol–water partition coefficient (Wildman–Crippen LogP) is 3.20. The Morgan fingerprint density at radius 2 is 1.88 bits per heavy atom. The number of ether oxygens (including phenoxy) is 1. The minimum absolute atomic E-state index is 0.476. The highest BCUT2D eigenvalue weighted by molar-refractivity contribution is 6.01. The molecule has 0 saturated carbocycles. The van der Waals surface area contributed by atoms with Crippen molar-refractivity contribution in [2.24, 2.45) is 0 Å². The first-order chi connectivity index (χ1) is 7.74. The van der Waals surface area contributed by atoms with E-state index in [1.54, 1.807) is 7.05 Å². The molecule has 0 aliphatic rings. The molecule has 0 aliphatic carbocycles. The summed E-state index contributed by atoms with van der Waals surface area (Å²) in [5, 5.41) is 2.10. The Morgan fingerprint density at radius 3 is 2.62 bits per heavy atom. The summed E-state index contributed by atoms with van der Waals surface area (Å²) in [4.78, 5) is 12.8. The van der Waals surface area contributed by atoms with Crippen molar-refractivity contribution in [1.29, 1.82) is 0 Å². The third-order valence-corrected chi connectivity index (χ3v) is 2.53. The Hall–Kier alpha value is -2.03. The lowest BCUT2D eigenvalue weighted by Crippen LogP contribution is -2.25. The molecular formula is C13H12NO2. The van der Waals surface area contributed by atoms with Crippen LogP contribution in [0.4, 0.5) is 10.5 Å². The molecule has 0 heterocycles. The van der Waals surface area contributed by atoms with Gasteiger partial charge in [0.1, 0.15) is 7.11 Å². The molecule has 0 fully saturated rings. The highest BCUT2D eigenvalue weighted by atomic mass is 16.5. The zero-order valence-electron chi connectivity index (χ0n) is 9.01. The SMILES string of the molecule is [CH2]OC(=O)N(C)c1cccc2ccccc12. The van der Waals surface area contributed by atoms with Crippen molar-refractivity contribution in [2.45, 2.75) is 0 Å². The molecule has 2 aromatic rings. The van der Waals surface area contributed by atoms with Crippen LogP contribution >= 0.6 is 0 Å². The average molecular weight is 214 g/mol. The van der Waals surface area contributed by atoms with E-state index in [1.165, 1.54) is 4.90 Å². The maximum absolute atomic E-state index is 11.4. The zero-order valence-corrected chi connectivity index (χ0v) is 9.01. The fourth-order valence-corrected chi connectivity index (χ4v) is 1.70. The van der Waals surface area contributed by atoms with Crippen molar-refractivity contribution in [3.8, 4) is 0 Å². The lowest BCUT2D eigenvalue weighted by Gasteiger charge is -2.17. The molecule has 0 aromatic heterocycles. The van der Waals surface area contributed by atoms with E-state index in [0.717, 1.165) is 16.5 Å². The smallest absolute Gasteiger partial charge is 0.414 e. The van der Waals surface area contributed by atoms with Crippen molar-refractivity contribution >= 4 is 22.6 Å². The topological polar surface area (TPSA) is 29.5 Å². The molecule has 3 nitrogen and oxygen atoms in total. The van der Waals surface area contributed by atoms with E-state index >= 15 is 0 Å². The Bertz CT molecular complexity index is 517. The van der Waals surface area contributed by atoms with Gasteiger partial charge in [0, 0.05) is 12.4 Å². The number of hydrogen-bond acceptors (Lipinski definition) is 2. The second-order valence-electron chi connectivity index (χ2n) is 3.47. The Morgan fingerprint density at radius 1 is 1.19 bits per heavy atom. The fourth-order valence-electron chi connectivity index (χ4n) is 1.70. The largest absolute Gasteiger partial charge is 0.446 e. The van der Waals surface area contributed by atoms with E-state index < -0.39 is 6.09 Å². The molecule has 16 heavy (non-hydrogen) atoms. The fraction of sp³-hybridized carbons (Fsp3) is 0.0769. The Kier molecular flexibility index (Phi) is 2.77. The van der Waals surface area contributed by atoms with Crippen LogP contribution in [0.2, 0.25) is 0 Å². The summed E-state index contributed by atoms with van der Waals surface area (Å²) in [6, 6.07) is 13.7. The molecule has 2 aromatic carbocycles. The van der Waals surface area contributed by atoms with Gasteiger partial charge in [0.15, 0.2) is 0 Å². The van der Waals surface area contributed by atoms with Gasteiger partial charge in [-0.1, -0.05) is 36.4 Å². The number of anilines is 1. The van der Waals surface area contributed by atoms with Crippen LogP contribution in [0.15, 0.2) is 42.5 Å². The lowest BCUT2D eigenvalue weighted by molar-refractivity contribution is 0.192. The minimum Gasteiger partial charge on any atom is -0.446 e. The quantitative estimate of drug-likeness (QED) is 0.729. The van der Waals surface area contributed by atoms with Gasteiger partial charge in [-0.15, -0.1) is 0 Å². The van der Waals surface area contributed by atoms with Crippen LogP contribution in [0.25, 0.3) is 10.8 Å². The molecule has 1 radical (unpaired) electrons. The lowest BCUT2D eigenvalue weighted by atomic mass is 10.1. The van der Waals surface area contributed by atoms with Crippen LogP contribution in [0.1, 0.15) is 0 Å². The molecule has 0 spiro atoms. The van der Waals surface area contributed by atoms with E-state index in [1.807, 2.05) is 42.5 Å². The van der Waals surface area contributed by atoms with Gasteiger partial charge >= 0.3 is 6.09 Å². The van der Waals surface area contributed by atoms with E-state index in [4.69, 9.17) is 0 Å². The van der Waals surface area contributed by atoms with E-state index in [9.17, 15) is 4.79 Å².